The molecule has 1 aliphatic rings. The van der Waals surface area contributed by atoms with E-state index in [2.05, 4.69) is 9.97 Å². The van der Waals surface area contributed by atoms with Crippen molar-refractivity contribution in [3.8, 4) is 0 Å². The molecule has 2 aromatic rings. The van der Waals surface area contributed by atoms with Gasteiger partial charge < -0.3 is 14.2 Å². The van der Waals surface area contributed by atoms with Gasteiger partial charge in [-0.25, -0.2) is 9.37 Å². The third-order valence-corrected chi connectivity index (χ3v) is 3.72. The summed E-state index contributed by atoms with van der Waals surface area (Å²) >= 11 is 0. The second-order valence-electron chi connectivity index (χ2n) is 5.05. The molecule has 6 nitrogen and oxygen atoms in total. The molecule has 3 heterocycles. The second kappa shape index (κ2) is 6.23. The van der Waals surface area contributed by atoms with Crippen molar-refractivity contribution >= 4 is 5.91 Å². The van der Waals surface area contributed by atoms with Gasteiger partial charge in [-0.1, -0.05) is 0 Å². The van der Waals surface area contributed by atoms with E-state index in [0.717, 1.165) is 17.6 Å². The van der Waals surface area contributed by atoms with Gasteiger partial charge in [0, 0.05) is 25.9 Å². The fourth-order valence-electron chi connectivity index (χ4n) is 2.52. The Labute approximate surface area is 127 Å². The maximum atomic E-state index is 13.7. The monoisotopic (exact) mass is 304 g/mol. The van der Waals surface area contributed by atoms with Crippen LogP contribution in [0, 0.1) is 5.82 Å². The van der Waals surface area contributed by atoms with E-state index in [-0.39, 0.29) is 11.5 Å². The molecule has 0 aliphatic carbocycles. The lowest BCUT2D eigenvalue weighted by atomic mass is 10.2. The summed E-state index contributed by atoms with van der Waals surface area (Å²) in [5, 5.41) is 0. The average Bonchev–Trinajstić information content (AvgIpc) is 2.95. The van der Waals surface area contributed by atoms with Crippen molar-refractivity contribution in [1.29, 1.82) is 0 Å². The molecule has 0 atom stereocenters. The molecular weight excluding hydrogens is 287 g/mol. The molecule has 116 valence electrons. The molecule has 0 saturated heterocycles. The van der Waals surface area contributed by atoms with Crippen LogP contribution in [0.2, 0.25) is 0 Å². The largest absolute Gasteiger partial charge is 0.375 e. The Morgan fingerprint density at radius 3 is 3.09 bits per heavy atom. The predicted molar refractivity (Wildman–Crippen MR) is 76.5 cm³/mol. The third kappa shape index (κ3) is 2.71. The molecule has 0 radical (unpaired) electrons. The van der Waals surface area contributed by atoms with Gasteiger partial charge in [0.1, 0.15) is 0 Å². The molecule has 0 N–H and O–H groups in total. The van der Waals surface area contributed by atoms with Crippen molar-refractivity contribution in [1.82, 2.24) is 19.4 Å². The van der Waals surface area contributed by atoms with Gasteiger partial charge in [0.2, 0.25) is 0 Å². The molecule has 1 aliphatic heterocycles. The molecule has 0 fully saturated rings. The van der Waals surface area contributed by atoms with E-state index in [0.29, 0.717) is 32.8 Å². The van der Waals surface area contributed by atoms with Crippen LogP contribution in [0.5, 0.6) is 0 Å². The van der Waals surface area contributed by atoms with Crippen LogP contribution in [0.1, 0.15) is 28.7 Å². The molecule has 22 heavy (non-hydrogen) atoms. The zero-order chi connectivity index (χ0) is 15.5. The Kier molecular flexibility index (Phi) is 4.15. The molecule has 0 spiro atoms. The van der Waals surface area contributed by atoms with Crippen molar-refractivity contribution in [3.63, 3.8) is 0 Å². The van der Waals surface area contributed by atoms with Crippen molar-refractivity contribution in [3.05, 3.63) is 47.6 Å². The number of imidazole rings is 1. The van der Waals surface area contributed by atoms with E-state index >= 15 is 0 Å². The third-order valence-electron chi connectivity index (χ3n) is 3.72. The number of nitrogens with zero attached hydrogens (tertiary/aromatic N) is 4. The Morgan fingerprint density at radius 1 is 1.45 bits per heavy atom. The zero-order valence-corrected chi connectivity index (χ0v) is 12.3. The Hall–Kier alpha value is -2.28. The van der Waals surface area contributed by atoms with E-state index in [1.54, 1.807) is 11.2 Å². The van der Waals surface area contributed by atoms with E-state index in [4.69, 9.17) is 4.74 Å². The minimum absolute atomic E-state index is 0.0503. The summed E-state index contributed by atoms with van der Waals surface area (Å²) in [6.07, 6.45) is 4.24. The van der Waals surface area contributed by atoms with Crippen LogP contribution in [0.4, 0.5) is 4.39 Å². The van der Waals surface area contributed by atoms with Crippen LogP contribution in [-0.2, 0) is 24.4 Å². The van der Waals surface area contributed by atoms with E-state index in [1.807, 2.05) is 11.5 Å². The van der Waals surface area contributed by atoms with Gasteiger partial charge in [0.05, 0.1) is 42.6 Å². The number of ether oxygens (including phenoxy) is 1. The van der Waals surface area contributed by atoms with Crippen LogP contribution < -0.4 is 0 Å². The summed E-state index contributed by atoms with van der Waals surface area (Å²) in [6, 6.07) is 1.41. The smallest absolute Gasteiger partial charge is 0.257 e. The zero-order valence-electron chi connectivity index (χ0n) is 12.3. The topological polar surface area (TPSA) is 60.2 Å². The van der Waals surface area contributed by atoms with Gasteiger partial charge in [-0.3, -0.25) is 9.78 Å². The Morgan fingerprint density at radius 2 is 2.32 bits per heavy atom. The maximum Gasteiger partial charge on any atom is 0.257 e. The van der Waals surface area contributed by atoms with Crippen molar-refractivity contribution in [2.45, 2.75) is 26.6 Å². The number of amides is 1. The fourth-order valence-corrected chi connectivity index (χ4v) is 2.52. The number of hydrogen-bond acceptors (Lipinski definition) is 4. The van der Waals surface area contributed by atoms with Gasteiger partial charge >= 0.3 is 0 Å². The highest BCUT2D eigenvalue weighted by molar-refractivity contribution is 5.94. The lowest BCUT2D eigenvalue weighted by Crippen LogP contribution is -2.38. The summed E-state index contributed by atoms with van der Waals surface area (Å²) in [5.74, 6) is -0.921. The number of aromatic nitrogens is 3. The van der Waals surface area contributed by atoms with Crippen LogP contribution >= 0.6 is 0 Å². The normalized spacial score (nSPS) is 14.0. The molecular formula is C15H17FN4O2. The van der Waals surface area contributed by atoms with E-state index < -0.39 is 5.82 Å². The average molecular weight is 304 g/mol. The summed E-state index contributed by atoms with van der Waals surface area (Å²) in [5.41, 5.74) is 1.83. The lowest BCUT2D eigenvalue weighted by Gasteiger charge is -2.29. The van der Waals surface area contributed by atoms with Crippen LogP contribution in [0.3, 0.4) is 0 Å². The van der Waals surface area contributed by atoms with Crippen molar-refractivity contribution in [2.75, 3.05) is 13.2 Å². The summed E-state index contributed by atoms with van der Waals surface area (Å²) in [6.45, 7) is 4.53. The van der Waals surface area contributed by atoms with Crippen LogP contribution in [-0.4, -0.2) is 38.5 Å². The number of pyridine rings is 1. The highest BCUT2D eigenvalue weighted by Crippen LogP contribution is 2.19. The molecule has 3 rings (SSSR count). The van der Waals surface area contributed by atoms with Crippen molar-refractivity contribution < 1.29 is 13.9 Å². The summed E-state index contributed by atoms with van der Waals surface area (Å²) in [4.78, 5) is 22.1. The van der Waals surface area contributed by atoms with E-state index in [9.17, 15) is 9.18 Å². The van der Waals surface area contributed by atoms with Gasteiger partial charge in [-0.05, 0) is 13.0 Å². The molecule has 1 amide bonds. The number of carbonyl (C=O) groups excluding carboxylic acids is 1. The Balaban J connectivity index is 1.80. The number of rotatable bonds is 4. The van der Waals surface area contributed by atoms with Gasteiger partial charge in [0.15, 0.2) is 5.82 Å². The SMILES string of the molecule is CCOCc1ncn2c1CN(C(=O)c1ccncc1F)CC2. The number of fused-ring (bicyclic) bond motifs is 1. The highest BCUT2D eigenvalue weighted by atomic mass is 19.1. The minimum atomic E-state index is -0.596. The van der Waals surface area contributed by atoms with Crippen molar-refractivity contribution in [2.24, 2.45) is 0 Å². The molecule has 0 saturated carbocycles. The molecule has 2 aromatic heterocycles. The van der Waals surface area contributed by atoms with E-state index in [1.165, 1.54) is 12.3 Å². The first-order valence-corrected chi connectivity index (χ1v) is 7.20. The first-order chi connectivity index (χ1) is 10.7. The first-order valence-electron chi connectivity index (χ1n) is 7.20. The van der Waals surface area contributed by atoms with Gasteiger partial charge in [0.25, 0.3) is 5.91 Å². The lowest BCUT2D eigenvalue weighted by molar-refractivity contribution is 0.0701. The van der Waals surface area contributed by atoms with Crippen LogP contribution in [0.25, 0.3) is 0 Å². The highest BCUT2D eigenvalue weighted by Gasteiger charge is 2.26. The standard InChI is InChI=1S/C15H17FN4O2/c1-2-22-9-13-14-8-19(5-6-20(14)10-18-13)15(21)11-3-4-17-7-12(11)16/h3-4,7,10H,2,5-6,8-9H2,1H3. The fraction of sp³-hybridized carbons (Fsp3) is 0.400. The molecule has 0 bridgehead atoms. The quantitative estimate of drug-likeness (QED) is 0.861. The van der Waals surface area contributed by atoms with Gasteiger partial charge in [-0.2, -0.15) is 0 Å². The number of halogens is 1. The summed E-state index contributed by atoms with van der Waals surface area (Å²) < 4.78 is 21.1. The number of hydrogen-bond donors (Lipinski definition) is 0. The minimum Gasteiger partial charge on any atom is -0.375 e. The maximum absolute atomic E-state index is 13.7. The molecule has 0 aromatic carbocycles. The predicted octanol–water partition coefficient (Wildman–Crippen LogP) is 1.61. The summed E-state index contributed by atoms with van der Waals surface area (Å²) in [7, 11) is 0. The second-order valence-corrected chi connectivity index (χ2v) is 5.05. The van der Waals surface area contributed by atoms with Crippen LogP contribution in [0.15, 0.2) is 24.8 Å². The first kappa shape index (κ1) is 14.6. The Bertz CT molecular complexity index is 686. The molecule has 0 unspecified atom stereocenters. The number of carbonyl (C=O) groups is 1. The molecule has 7 heteroatoms. The van der Waals surface area contributed by atoms with Gasteiger partial charge in [-0.15, -0.1) is 0 Å².